The molecular formula is C17H17N3O4S. The minimum absolute atomic E-state index is 0.0394. The summed E-state index contributed by atoms with van der Waals surface area (Å²) < 4.78 is 24.6. The van der Waals surface area contributed by atoms with E-state index in [0.29, 0.717) is 35.5 Å². The first kappa shape index (κ1) is 14.1. The van der Waals surface area contributed by atoms with Crippen LogP contribution >= 0.6 is 0 Å². The number of hydrazone groups is 1. The molecule has 3 N–H and O–H groups in total. The molecule has 0 saturated heterocycles. The number of amides is 1. The Bertz CT molecular complexity index is 915. The molecule has 130 valence electrons. The average Bonchev–Trinajstić information content (AvgIpc) is 2.57. The van der Waals surface area contributed by atoms with Crippen LogP contribution < -0.4 is 10.1 Å². The second-order valence-corrected chi connectivity index (χ2v) is 9.84. The molecule has 0 aromatic heterocycles. The summed E-state index contributed by atoms with van der Waals surface area (Å²) in [6.45, 7) is 1.90. The van der Waals surface area contributed by atoms with Crippen molar-refractivity contribution in [2.24, 2.45) is 46.0 Å². The summed E-state index contributed by atoms with van der Waals surface area (Å²) in [7, 11) is -3.64. The molecule has 6 aliphatic carbocycles. The molecule has 1 amide bonds. The van der Waals surface area contributed by atoms with Crippen LogP contribution in [0.1, 0.15) is 5.56 Å². The van der Waals surface area contributed by atoms with Gasteiger partial charge >= 0.3 is 6.09 Å². The predicted octanol–water partition coefficient (Wildman–Crippen LogP) is 1.02. The van der Waals surface area contributed by atoms with Gasteiger partial charge in [0.2, 0.25) is 0 Å². The Kier molecular flexibility index (Phi) is 2.09. The molecule has 0 bridgehead atoms. The van der Waals surface area contributed by atoms with E-state index in [2.05, 4.69) is 15.2 Å². The fourth-order valence-corrected chi connectivity index (χ4v) is 8.07. The zero-order valence-corrected chi connectivity index (χ0v) is 14.2. The first-order chi connectivity index (χ1) is 11.9. The van der Waals surface area contributed by atoms with Gasteiger partial charge in [-0.2, -0.15) is 13.5 Å². The van der Waals surface area contributed by atoms with Gasteiger partial charge in [-0.3, -0.25) is 0 Å². The van der Waals surface area contributed by atoms with E-state index in [0.717, 1.165) is 5.56 Å². The number of hydrogen-bond donors (Lipinski definition) is 3. The fraction of sp³-hybridized carbons (Fsp3) is 0.529. The van der Waals surface area contributed by atoms with E-state index in [1.54, 1.807) is 30.5 Å². The monoisotopic (exact) mass is 359 g/mol. The van der Waals surface area contributed by atoms with E-state index in [1.165, 1.54) is 0 Å². The van der Waals surface area contributed by atoms with Crippen molar-refractivity contribution in [3.8, 4) is 0 Å². The van der Waals surface area contributed by atoms with Gasteiger partial charge in [0.1, 0.15) is 0 Å². The number of aryl methyl sites for hydroxylation is 1. The lowest BCUT2D eigenvalue weighted by Gasteiger charge is -3.10. The van der Waals surface area contributed by atoms with E-state index in [9.17, 15) is 13.2 Å². The van der Waals surface area contributed by atoms with Crippen molar-refractivity contribution < 1.29 is 18.3 Å². The molecule has 1 aromatic rings. The molecule has 0 aliphatic heterocycles. The Balaban J connectivity index is 1.17. The predicted molar refractivity (Wildman–Crippen MR) is 87.3 cm³/mol. The van der Waals surface area contributed by atoms with Gasteiger partial charge in [-0.25, -0.2) is 9.63 Å². The molecule has 1 aromatic carbocycles. The SMILES string of the molecule is Cc1ccc(S(=O)(=O)N/N=C/C23C4C5C2C2C3C4C52NC(=O)O)cc1. The maximum Gasteiger partial charge on any atom is 0.405 e. The Labute approximate surface area is 144 Å². The van der Waals surface area contributed by atoms with Crippen molar-refractivity contribution >= 4 is 22.3 Å². The fourth-order valence-electron chi connectivity index (χ4n) is 7.28. The zero-order valence-electron chi connectivity index (χ0n) is 13.4. The molecule has 7 rings (SSSR count). The molecule has 6 saturated carbocycles. The summed E-state index contributed by atoms with van der Waals surface area (Å²) in [6.07, 6.45) is 0.871. The van der Waals surface area contributed by atoms with Crippen molar-refractivity contribution in [2.75, 3.05) is 0 Å². The highest BCUT2D eigenvalue weighted by atomic mass is 32.2. The summed E-state index contributed by atoms with van der Waals surface area (Å²) in [5, 5.41) is 15.8. The minimum atomic E-state index is -3.64. The summed E-state index contributed by atoms with van der Waals surface area (Å²) in [5.41, 5.74) is 0.902. The number of hydrogen-bond acceptors (Lipinski definition) is 4. The second-order valence-electron chi connectivity index (χ2n) is 8.18. The van der Waals surface area contributed by atoms with Crippen LogP contribution in [0.2, 0.25) is 0 Å². The van der Waals surface area contributed by atoms with Gasteiger partial charge in [-0.1, -0.05) is 17.7 Å². The maximum absolute atomic E-state index is 12.3. The van der Waals surface area contributed by atoms with Crippen LogP contribution in [0.25, 0.3) is 0 Å². The molecule has 0 spiro atoms. The Morgan fingerprint density at radius 2 is 1.68 bits per heavy atom. The van der Waals surface area contributed by atoms with E-state index < -0.39 is 16.1 Å². The minimum Gasteiger partial charge on any atom is -0.465 e. The molecule has 0 heterocycles. The Hall–Kier alpha value is -2.09. The summed E-state index contributed by atoms with van der Waals surface area (Å²) in [4.78, 5) is 13.5. The van der Waals surface area contributed by atoms with Gasteiger partial charge in [-0.05, 0) is 54.6 Å². The Morgan fingerprint density at radius 3 is 2.20 bits per heavy atom. The van der Waals surface area contributed by atoms with Crippen LogP contribution in [-0.4, -0.2) is 31.4 Å². The molecular weight excluding hydrogens is 342 g/mol. The van der Waals surface area contributed by atoms with E-state index in [1.807, 2.05) is 6.92 Å². The number of rotatable bonds is 5. The largest absolute Gasteiger partial charge is 0.465 e. The molecule has 6 aliphatic rings. The van der Waals surface area contributed by atoms with Crippen molar-refractivity contribution in [3.63, 3.8) is 0 Å². The number of nitrogens with one attached hydrogen (secondary N) is 2. The van der Waals surface area contributed by atoms with Crippen LogP contribution in [0, 0.1) is 47.8 Å². The van der Waals surface area contributed by atoms with Crippen LogP contribution in [0.4, 0.5) is 4.79 Å². The molecule has 25 heavy (non-hydrogen) atoms. The molecule has 0 radical (unpaired) electrons. The van der Waals surface area contributed by atoms with Crippen LogP contribution in [0.3, 0.4) is 0 Å². The lowest BCUT2D eigenvalue weighted by molar-refractivity contribution is -0.601. The summed E-state index contributed by atoms with van der Waals surface area (Å²) in [6, 6.07) is 6.65. The smallest absolute Gasteiger partial charge is 0.405 e. The quantitative estimate of drug-likeness (QED) is 0.539. The van der Waals surface area contributed by atoms with E-state index in [-0.39, 0.29) is 15.8 Å². The van der Waals surface area contributed by atoms with Crippen LogP contribution in [0.15, 0.2) is 34.3 Å². The number of sulfonamides is 1. The first-order valence-electron chi connectivity index (χ1n) is 8.49. The highest BCUT2D eigenvalue weighted by Gasteiger charge is 3.10. The number of carboxylic acid groups (broad SMARTS) is 1. The van der Waals surface area contributed by atoms with Gasteiger partial charge in [0, 0.05) is 11.6 Å². The van der Waals surface area contributed by atoms with Gasteiger partial charge < -0.3 is 10.4 Å². The molecule has 8 heteroatoms. The second kappa shape index (κ2) is 3.70. The maximum atomic E-state index is 12.3. The third kappa shape index (κ3) is 1.15. The number of nitrogens with zero attached hydrogens (tertiary/aromatic N) is 1. The van der Waals surface area contributed by atoms with Crippen molar-refractivity contribution in [1.29, 1.82) is 0 Å². The third-order valence-electron chi connectivity index (χ3n) is 7.82. The normalized spacial score (nSPS) is 49.0. The van der Waals surface area contributed by atoms with Gasteiger partial charge in [0.15, 0.2) is 0 Å². The van der Waals surface area contributed by atoms with E-state index in [4.69, 9.17) is 5.11 Å². The van der Waals surface area contributed by atoms with Gasteiger partial charge in [0.25, 0.3) is 10.0 Å². The highest BCUT2D eigenvalue weighted by Crippen LogP contribution is 3.06. The van der Waals surface area contributed by atoms with Crippen molar-refractivity contribution in [3.05, 3.63) is 29.8 Å². The zero-order chi connectivity index (χ0) is 17.4. The van der Waals surface area contributed by atoms with E-state index >= 15 is 0 Å². The average molecular weight is 359 g/mol. The Morgan fingerprint density at radius 1 is 1.12 bits per heavy atom. The van der Waals surface area contributed by atoms with Crippen LogP contribution in [0.5, 0.6) is 0 Å². The summed E-state index contributed by atoms with van der Waals surface area (Å²) >= 11 is 0. The molecule has 7 nitrogen and oxygen atoms in total. The number of carbonyl (C=O) groups is 1. The molecule has 6 fully saturated rings. The van der Waals surface area contributed by atoms with Crippen LogP contribution in [-0.2, 0) is 10.0 Å². The third-order valence-corrected chi connectivity index (χ3v) is 9.06. The highest BCUT2D eigenvalue weighted by molar-refractivity contribution is 7.89. The topological polar surface area (TPSA) is 108 Å². The van der Waals surface area contributed by atoms with Crippen molar-refractivity contribution in [1.82, 2.24) is 10.1 Å². The lowest BCUT2D eigenvalue weighted by Crippen LogP contribution is -3.15. The van der Waals surface area contributed by atoms with Gasteiger partial charge in [-0.15, -0.1) is 0 Å². The lowest BCUT2D eigenvalue weighted by atomic mass is 8.94. The molecule has 0 unspecified atom stereocenters. The number of benzene rings is 1. The molecule has 0 atom stereocenters. The standard InChI is InChI=1S/C17H17N3O4S/c1-7-2-4-8(5-3-7)25(23,24)20-18-6-16-9-12-10(16)14-11(16)13(9)17(12,14)19-15(21)22/h2-6,9-14,19-20H,1H3,(H,21,22)/b18-6+. The van der Waals surface area contributed by atoms with Gasteiger partial charge in [0.05, 0.1) is 10.4 Å². The first-order valence-corrected chi connectivity index (χ1v) is 9.98. The van der Waals surface area contributed by atoms with Crippen molar-refractivity contribution in [2.45, 2.75) is 17.4 Å². The summed E-state index contributed by atoms with van der Waals surface area (Å²) in [5.74, 6) is 2.82.